The highest BCUT2D eigenvalue weighted by Gasteiger charge is 2.13. The van der Waals surface area contributed by atoms with Crippen LogP contribution >= 0.6 is 27.5 Å². The molecule has 0 aliphatic heterocycles. The maximum absolute atomic E-state index is 12.3. The predicted molar refractivity (Wildman–Crippen MR) is 85.8 cm³/mol. The summed E-state index contributed by atoms with van der Waals surface area (Å²) in [7, 11) is 1.76. The minimum absolute atomic E-state index is 0.0760. The fraction of sp³-hybridized carbons (Fsp3) is 0.133. The van der Waals surface area contributed by atoms with E-state index in [2.05, 4.69) is 15.9 Å². The second-order valence-electron chi connectivity index (χ2n) is 4.56. The highest BCUT2D eigenvalue weighted by atomic mass is 79.9. The lowest BCUT2D eigenvalue weighted by molar-refractivity contribution is 0.0785. The van der Waals surface area contributed by atoms with Crippen LogP contribution in [-0.4, -0.2) is 17.9 Å². The Hall–Kier alpha value is -1.52. The Morgan fingerprint density at radius 1 is 1.25 bits per heavy atom. The van der Waals surface area contributed by atoms with Crippen molar-refractivity contribution in [3.63, 3.8) is 0 Å². The fourth-order valence-corrected chi connectivity index (χ4v) is 2.53. The van der Waals surface area contributed by atoms with Crippen molar-refractivity contribution in [2.75, 3.05) is 12.8 Å². The van der Waals surface area contributed by atoms with Crippen molar-refractivity contribution in [1.29, 1.82) is 0 Å². The van der Waals surface area contributed by atoms with Gasteiger partial charge >= 0.3 is 0 Å². The maximum Gasteiger partial charge on any atom is 0.254 e. The number of hydrogen-bond donors (Lipinski definition) is 1. The lowest BCUT2D eigenvalue weighted by atomic mass is 10.1. The lowest BCUT2D eigenvalue weighted by Crippen LogP contribution is -2.26. The number of hydrogen-bond acceptors (Lipinski definition) is 2. The molecule has 2 N–H and O–H groups in total. The molecule has 0 fully saturated rings. The summed E-state index contributed by atoms with van der Waals surface area (Å²) in [5.74, 6) is -0.0760. The monoisotopic (exact) mass is 352 g/mol. The smallest absolute Gasteiger partial charge is 0.254 e. The quantitative estimate of drug-likeness (QED) is 0.849. The van der Waals surface area contributed by atoms with E-state index in [-0.39, 0.29) is 5.91 Å². The molecule has 0 saturated carbocycles. The molecule has 0 radical (unpaired) electrons. The van der Waals surface area contributed by atoms with Crippen LogP contribution in [0.4, 0.5) is 5.69 Å². The summed E-state index contributed by atoms with van der Waals surface area (Å²) >= 11 is 9.18. The third-order valence-corrected chi connectivity index (χ3v) is 3.56. The molecule has 0 aliphatic rings. The third kappa shape index (κ3) is 3.74. The minimum atomic E-state index is -0.0760. The first-order valence-electron chi connectivity index (χ1n) is 6.01. The molecule has 2 rings (SSSR count). The van der Waals surface area contributed by atoms with E-state index < -0.39 is 0 Å². The molecular weight excluding hydrogens is 340 g/mol. The highest BCUT2D eigenvalue weighted by Crippen LogP contribution is 2.19. The molecule has 2 aromatic rings. The summed E-state index contributed by atoms with van der Waals surface area (Å²) in [6.07, 6.45) is 0. The van der Waals surface area contributed by atoms with E-state index in [0.717, 1.165) is 10.0 Å². The Morgan fingerprint density at radius 3 is 2.50 bits per heavy atom. The van der Waals surface area contributed by atoms with Crippen molar-refractivity contribution in [1.82, 2.24) is 4.90 Å². The van der Waals surface area contributed by atoms with Gasteiger partial charge in [0.1, 0.15) is 0 Å². The molecule has 0 spiro atoms. The second-order valence-corrected chi connectivity index (χ2v) is 5.91. The zero-order chi connectivity index (χ0) is 14.7. The van der Waals surface area contributed by atoms with E-state index in [1.807, 2.05) is 24.3 Å². The summed E-state index contributed by atoms with van der Waals surface area (Å²) in [4.78, 5) is 14.0. The molecular formula is C15H14BrClN2O. The standard InChI is InChI=1S/C15H14BrClN2O/c1-19(9-10-2-4-13(17)5-3-10)15(20)11-6-12(16)8-14(18)7-11/h2-8H,9,18H2,1H3. The number of nitrogen functional groups attached to an aromatic ring is 1. The Kier molecular flexibility index (Phi) is 4.68. The van der Waals surface area contributed by atoms with Crippen molar-refractivity contribution in [3.05, 3.63) is 63.1 Å². The van der Waals surface area contributed by atoms with E-state index in [9.17, 15) is 4.79 Å². The van der Waals surface area contributed by atoms with Gasteiger partial charge in [-0.1, -0.05) is 39.7 Å². The van der Waals surface area contributed by atoms with Crippen molar-refractivity contribution < 1.29 is 4.79 Å². The van der Waals surface area contributed by atoms with E-state index in [1.165, 1.54) is 0 Å². The molecule has 0 unspecified atom stereocenters. The number of nitrogens with two attached hydrogens (primary N) is 1. The molecule has 0 saturated heterocycles. The zero-order valence-electron chi connectivity index (χ0n) is 10.9. The van der Waals surface area contributed by atoms with E-state index in [0.29, 0.717) is 22.8 Å². The van der Waals surface area contributed by atoms with Crippen LogP contribution in [0.15, 0.2) is 46.9 Å². The van der Waals surface area contributed by atoms with Crippen LogP contribution in [0.3, 0.4) is 0 Å². The summed E-state index contributed by atoms with van der Waals surface area (Å²) in [6, 6.07) is 12.6. The van der Waals surface area contributed by atoms with Gasteiger partial charge in [0.25, 0.3) is 5.91 Å². The number of amides is 1. The molecule has 3 nitrogen and oxygen atoms in total. The van der Waals surface area contributed by atoms with E-state index in [1.54, 1.807) is 30.1 Å². The van der Waals surface area contributed by atoms with Crippen LogP contribution in [0.5, 0.6) is 0 Å². The topological polar surface area (TPSA) is 46.3 Å². The van der Waals surface area contributed by atoms with Gasteiger partial charge in [0.15, 0.2) is 0 Å². The molecule has 5 heteroatoms. The van der Waals surface area contributed by atoms with Gasteiger partial charge in [-0.3, -0.25) is 4.79 Å². The first-order valence-corrected chi connectivity index (χ1v) is 7.19. The van der Waals surface area contributed by atoms with Crippen molar-refractivity contribution in [2.45, 2.75) is 6.54 Å². The molecule has 2 aromatic carbocycles. The molecule has 104 valence electrons. The van der Waals surface area contributed by atoms with E-state index >= 15 is 0 Å². The number of halogens is 2. The second kappa shape index (κ2) is 6.29. The van der Waals surface area contributed by atoms with Crippen LogP contribution in [0.1, 0.15) is 15.9 Å². The lowest BCUT2D eigenvalue weighted by Gasteiger charge is -2.18. The largest absolute Gasteiger partial charge is 0.399 e. The Morgan fingerprint density at radius 2 is 1.90 bits per heavy atom. The summed E-state index contributed by atoms with van der Waals surface area (Å²) in [6.45, 7) is 0.516. The molecule has 0 atom stereocenters. The van der Waals surface area contributed by atoms with Gasteiger partial charge in [-0.05, 0) is 35.9 Å². The number of carbonyl (C=O) groups is 1. The molecule has 0 bridgehead atoms. The van der Waals surface area contributed by atoms with Crippen molar-refractivity contribution in [2.24, 2.45) is 0 Å². The SMILES string of the molecule is CN(Cc1ccc(Cl)cc1)C(=O)c1cc(N)cc(Br)c1. The van der Waals surface area contributed by atoms with Gasteiger partial charge in [-0.2, -0.15) is 0 Å². The third-order valence-electron chi connectivity index (χ3n) is 2.85. The predicted octanol–water partition coefficient (Wildman–Crippen LogP) is 3.96. The highest BCUT2D eigenvalue weighted by molar-refractivity contribution is 9.10. The van der Waals surface area contributed by atoms with Crippen LogP contribution < -0.4 is 5.73 Å². The number of benzene rings is 2. The first kappa shape index (κ1) is 14.9. The fourth-order valence-electron chi connectivity index (χ4n) is 1.89. The number of rotatable bonds is 3. The van der Waals surface area contributed by atoms with Crippen LogP contribution in [0, 0.1) is 0 Å². The van der Waals surface area contributed by atoms with Gasteiger partial charge in [-0.25, -0.2) is 0 Å². The maximum atomic E-state index is 12.3. The first-order chi connectivity index (χ1) is 9.45. The molecule has 0 aliphatic carbocycles. The average Bonchev–Trinajstić information content (AvgIpc) is 2.39. The van der Waals surface area contributed by atoms with Gasteiger partial charge in [0, 0.05) is 34.3 Å². The minimum Gasteiger partial charge on any atom is -0.399 e. The van der Waals surface area contributed by atoms with Crippen molar-refractivity contribution >= 4 is 39.1 Å². The normalized spacial score (nSPS) is 10.3. The Bertz CT molecular complexity index is 608. The molecule has 1 amide bonds. The van der Waals surface area contributed by atoms with Crippen LogP contribution in [-0.2, 0) is 6.54 Å². The van der Waals surface area contributed by atoms with Crippen molar-refractivity contribution in [3.8, 4) is 0 Å². The molecule has 0 aromatic heterocycles. The zero-order valence-corrected chi connectivity index (χ0v) is 13.3. The Labute approximate surface area is 131 Å². The Balaban J connectivity index is 2.14. The summed E-state index contributed by atoms with van der Waals surface area (Å²) in [5.41, 5.74) is 7.89. The van der Waals surface area contributed by atoms with E-state index in [4.69, 9.17) is 17.3 Å². The average molecular weight is 354 g/mol. The molecule has 20 heavy (non-hydrogen) atoms. The van der Waals surface area contributed by atoms with Gasteiger partial charge in [0.2, 0.25) is 0 Å². The van der Waals surface area contributed by atoms with Crippen LogP contribution in [0.2, 0.25) is 5.02 Å². The number of anilines is 1. The van der Waals surface area contributed by atoms with Gasteiger partial charge < -0.3 is 10.6 Å². The number of carbonyl (C=O) groups excluding carboxylic acids is 1. The van der Waals surface area contributed by atoms with Gasteiger partial charge in [-0.15, -0.1) is 0 Å². The van der Waals surface area contributed by atoms with Crippen LogP contribution in [0.25, 0.3) is 0 Å². The summed E-state index contributed by atoms with van der Waals surface area (Å²) < 4.78 is 0.792. The molecule has 0 heterocycles. The summed E-state index contributed by atoms with van der Waals surface area (Å²) in [5, 5.41) is 0.683. The van der Waals surface area contributed by atoms with Gasteiger partial charge in [0.05, 0.1) is 0 Å². The number of nitrogens with zero attached hydrogens (tertiary/aromatic N) is 1.